The lowest BCUT2D eigenvalue weighted by Gasteiger charge is -2.09. The van der Waals surface area contributed by atoms with Crippen molar-refractivity contribution in [1.82, 2.24) is 19.7 Å². The molecule has 100 valence electrons. The molecule has 1 aliphatic carbocycles. The van der Waals surface area contributed by atoms with Crippen molar-refractivity contribution in [2.45, 2.75) is 45.2 Å². The fourth-order valence-electron chi connectivity index (χ4n) is 2.50. The van der Waals surface area contributed by atoms with E-state index in [1.807, 2.05) is 19.3 Å². The van der Waals surface area contributed by atoms with Crippen LogP contribution in [0, 0.1) is 6.92 Å². The van der Waals surface area contributed by atoms with Crippen molar-refractivity contribution in [2.24, 2.45) is 0 Å². The molecule has 0 amide bonds. The van der Waals surface area contributed by atoms with E-state index in [4.69, 9.17) is 0 Å². The van der Waals surface area contributed by atoms with Crippen LogP contribution >= 0.6 is 0 Å². The Morgan fingerprint density at radius 2 is 2.00 bits per heavy atom. The summed E-state index contributed by atoms with van der Waals surface area (Å²) in [6.07, 6.45) is 10.9. The van der Waals surface area contributed by atoms with Gasteiger partial charge in [-0.25, -0.2) is 9.97 Å². The van der Waals surface area contributed by atoms with Gasteiger partial charge in [-0.3, -0.25) is 4.68 Å². The molecule has 2 aromatic rings. The van der Waals surface area contributed by atoms with E-state index >= 15 is 0 Å². The Morgan fingerprint density at radius 1 is 1.26 bits per heavy atom. The number of aryl methyl sites for hydroxylation is 1. The average molecular weight is 257 g/mol. The number of hydrogen-bond donors (Lipinski definition) is 1. The zero-order valence-corrected chi connectivity index (χ0v) is 11.2. The summed E-state index contributed by atoms with van der Waals surface area (Å²) in [6.45, 7) is 2.65. The quantitative estimate of drug-likeness (QED) is 0.915. The highest BCUT2D eigenvalue weighted by Crippen LogP contribution is 2.28. The molecule has 5 nitrogen and oxygen atoms in total. The van der Waals surface area contributed by atoms with E-state index in [0.717, 1.165) is 11.3 Å². The van der Waals surface area contributed by atoms with Gasteiger partial charge in [0.05, 0.1) is 18.3 Å². The van der Waals surface area contributed by atoms with Gasteiger partial charge in [-0.2, -0.15) is 5.10 Å². The summed E-state index contributed by atoms with van der Waals surface area (Å²) in [5.41, 5.74) is 2.10. The molecule has 0 atom stereocenters. The van der Waals surface area contributed by atoms with Crippen molar-refractivity contribution in [3.63, 3.8) is 0 Å². The van der Waals surface area contributed by atoms with Crippen molar-refractivity contribution in [2.75, 3.05) is 5.32 Å². The van der Waals surface area contributed by atoms with Crippen LogP contribution in [0.5, 0.6) is 0 Å². The monoisotopic (exact) mass is 257 g/mol. The van der Waals surface area contributed by atoms with Crippen LogP contribution in [0.4, 0.5) is 5.95 Å². The van der Waals surface area contributed by atoms with Gasteiger partial charge in [-0.15, -0.1) is 0 Å². The van der Waals surface area contributed by atoms with Gasteiger partial charge in [0.25, 0.3) is 0 Å². The second kappa shape index (κ2) is 5.38. The lowest BCUT2D eigenvalue weighted by molar-refractivity contribution is 0.463. The minimum atomic E-state index is 0.601. The SMILES string of the molecule is Cc1cnc(NCc2ccn(C3CCCC3)n2)nc1. The molecule has 19 heavy (non-hydrogen) atoms. The normalized spacial score (nSPS) is 15.8. The minimum Gasteiger partial charge on any atom is -0.348 e. The Hall–Kier alpha value is -1.91. The Kier molecular flexibility index (Phi) is 3.44. The molecule has 1 N–H and O–H groups in total. The first-order valence-electron chi connectivity index (χ1n) is 6.88. The predicted molar refractivity (Wildman–Crippen MR) is 73.8 cm³/mol. The van der Waals surface area contributed by atoms with Gasteiger partial charge >= 0.3 is 0 Å². The van der Waals surface area contributed by atoms with Gasteiger partial charge in [0, 0.05) is 18.6 Å². The van der Waals surface area contributed by atoms with E-state index in [0.29, 0.717) is 18.5 Å². The van der Waals surface area contributed by atoms with Crippen LogP contribution in [0.2, 0.25) is 0 Å². The fourth-order valence-corrected chi connectivity index (χ4v) is 2.50. The maximum atomic E-state index is 4.62. The van der Waals surface area contributed by atoms with Crippen molar-refractivity contribution in [3.05, 3.63) is 35.9 Å². The van der Waals surface area contributed by atoms with Crippen LogP contribution in [0.25, 0.3) is 0 Å². The van der Waals surface area contributed by atoms with Gasteiger partial charge in [-0.1, -0.05) is 12.8 Å². The maximum Gasteiger partial charge on any atom is 0.222 e. The smallest absolute Gasteiger partial charge is 0.222 e. The molecule has 2 heterocycles. The van der Waals surface area contributed by atoms with Crippen molar-refractivity contribution in [1.29, 1.82) is 0 Å². The lowest BCUT2D eigenvalue weighted by atomic mass is 10.3. The van der Waals surface area contributed by atoms with E-state index in [-0.39, 0.29) is 0 Å². The van der Waals surface area contributed by atoms with E-state index in [1.54, 1.807) is 0 Å². The third kappa shape index (κ3) is 2.92. The Balaban J connectivity index is 1.59. The summed E-state index contributed by atoms with van der Waals surface area (Å²) >= 11 is 0. The number of nitrogens with zero attached hydrogens (tertiary/aromatic N) is 4. The van der Waals surface area contributed by atoms with Crippen LogP contribution in [0.3, 0.4) is 0 Å². The summed E-state index contributed by atoms with van der Waals surface area (Å²) in [6, 6.07) is 2.67. The summed E-state index contributed by atoms with van der Waals surface area (Å²) in [7, 11) is 0. The standard InChI is InChI=1S/C14H19N5/c1-11-8-15-14(16-9-11)17-10-12-6-7-19(18-12)13-4-2-3-5-13/h6-9,13H,2-5,10H2,1H3,(H,15,16,17). The maximum absolute atomic E-state index is 4.62. The van der Waals surface area contributed by atoms with Gasteiger partial charge in [0.15, 0.2) is 0 Å². The van der Waals surface area contributed by atoms with Gasteiger partial charge in [-0.05, 0) is 31.4 Å². The molecule has 0 spiro atoms. The Morgan fingerprint density at radius 3 is 2.74 bits per heavy atom. The highest BCUT2D eigenvalue weighted by atomic mass is 15.3. The summed E-state index contributed by atoms with van der Waals surface area (Å²) in [5.74, 6) is 0.654. The number of rotatable bonds is 4. The van der Waals surface area contributed by atoms with E-state index < -0.39 is 0 Å². The van der Waals surface area contributed by atoms with E-state index in [9.17, 15) is 0 Å². The largest absolute Gasteiger partial charge is 0.348 e. The summed E-state index contributed by atoms with van der Waals surface area (Å²) < 4.78 is 2.11. The molecular weight excluding hydrogens is 238 g/mol. The topological polar surface area (TPSA) is 55.6 Å². The van der Waals surface area contributed by atoms with Crippen LogP contribution < -0.4 is 5.32 Å². The number of hydrogen-bond acceptors (Lipinski definition) is 4. The highest BCUT2D eigenvalue weighted by Gasteiger charge is 2.17. The number of nitrogens with one attached hydrogen (secondary N) is 1. The third-order valence-electron chi connectivity index (χ3n) is 3.57. The van der Waals surface area contributed by atoms with Crippen LogP contribution in [0.1, 0.15) is 43.0 Å². The second-order valence-electron chi connectivity index (χ2n) is 5.16. The number of aromatic nitrogens is 4. The average Bonchev–Trinajstić information content (AvgIpc) is 3.09. The van der Waals surface area contributed by atoms with Gasteiger partial charge in [0.1, 0.15) is 0 Å². The summed E-state index contributed by atoms with van der Waals surface area (Å²) in [5, 5.41) is 7.82. The molecular formula is C14H19N5. The number of anilines is 1. The molecule has 1 aliphatic rings. The molecule has 5 heteroatoms. The van der Waals surface area contributed by atoms with Gasteiger partial charge < -0.3 is 5.32 Å². The Labute approximate surface area is 113 Å². The minimum absolute atomic E-state index is 0.601. The molecule has 0 aromatic carbocycles. The molecule has 1 fully saturated rings. The molecule has 3 rings (SSSR count). The van der Waals surface area contributed by atoms with E-state index in [2.05, 4.69) is 37.3 Å². The lowest BCUT2D eigenvalue weighted by Crippen LogP contribution is -2.08. The summed E-state index contributed by atoms with van der Waals surface area (Å²) in [4.78, 5) is 8.44. The van der Waals surface area contributed by atoms with Crippen molar-refractivity contribution in [3.8, 4) is 0 Å². The van der Waals surface area contributed by atoms with Crippen LogP contribution in [0.15, 0.2) is 24.7 Å². The van der Waals surface area contributed by atoms with Crippen LogP contribution in [-0.4, -0.2) is 19.7 Å². The van der Waals surface area contributed by atoms with Crippen molar-refractivity contribution >= 4 is 5.95 Å². The molecule has 0 aliphatic heterocycles. The first kappa shape index (κ1) is 12.1. The predicted octanol–water partition coefficient (Wildman–Crippen LogP) is 2.71. The molecule has 2 aromatic heterocycles. The molecule has 0 radical (unpaired) electrons. The molecule has 0 bridgehead atoms. The molecule has 0 unspecified atom stereocenters. The second-order valence-corrected chi connectivity index (χ2v) is 5.16. The fraction of sp³-hybridized carbons (Fsp3) is 0.500. The van der Waals surface area contributed by atoms with Gasteiger partial charge in [0.2, 0.25) is 5.95 Å². The molecule has 0 saturated heterocycles. The van der Waals surface area contributed by atoms with Crippen LogP contribution in [-0.2, 0) is 6.54 Å². The van der Waals surface area contributed by atoms with Crippen molar-refractivity contribution < 1.29 is 0 Å². The third-order valence-corrected chi connectivity index (χ3v) is 3.57. The first-order valence-corrected chi connectivity index (χ1v) is 6.88. The zero-order chi connectivity index (χ0) is 13.1. The first-order chi connectivity index (χ1) is 9.31. The van der Waals surface area contributed by atoms with E-state index in [1.165, 1.54) is 25.7 Å². The Bertz CT molecular complexity index is 525. The highest BCUT2D eigenvalue weighted by molar-refractivity contribution is 5.25. The molecule has 1 saturated carbocycles. The zero-order valence-electron chi connectivity index (χ0n) is 11.2.